The molecule has 4 heterocycles. The Bertz CT molecular complexity index is 1100. The molecule has 0 aromatic heterocycles. The number of fused-ring (bicyclic) bond motifs is 5. The lowest BCUT2D eigenvalue weighted by atomic mass is 9.67. The molecule has 4 aliphatic rings. The highest BCUT2D eigenvalue weighted by atomic mass is 79.9. The predicted molar refractivity (Wildman–Crippen MR) is 108 cm³/mol. The Balaban J connectivity index is 1.68. The Morgan fingerprint density at radius 3 is 2.82 bits per heavy atom. The first-order chi connectivity index (χ1) is 13.6. The minimum absolute atomic E-state index is 0.0174. The topological polar surface area (TPSA) is 70.7 Å². The highest BCUT2D eigenvalue weighted by molar-refractivity contribution is 9.10. The van der Waals surface area contributed by atoms with Gasteiger partial charge in [0.2, 0.25) is 5.91 Å². The molecule has 28 heavy (non-hydrogen) atoms. The number of nitrogens with one attached hydrogen (secondary N) is 2. The van der Waals surface area contributed by atoms with Crippen molar-refractivity contribution in [1.82, 2.24) is 0 Å². The summed E-state index contributed by atoms with van der Waals surface area (Å²) in [6, 6.07) is 13.4. The van der Waals surface area contributed by atoms with Gasteiger partial charge in [0.1, 0.15) is 0 Å². The van der Waals surface area contributed by atoms with Crippen LogP contribution in [0.15, 0.2) is 59.3 Å². The van der Waals surface area contributed by atoms with Crippen LogP contribution in [0.25, 0.3) is 0 Å². The highest BCUT2D eigenvalue weighted by Gasteiger charge is 2.69. The van der Waals surface area contributed by atoms with Crippen LogP contribution in [0, 0.1) is 5.92 Å². The summed E-state index contributed by atoms with van der Waals surface area (Å²) in [6.45, 7) is 0. The van der Waals surface area contributed by atoms with E-state index in [1.807, 2.05) is 48.5 Å². The minimum Gasteiger partial charge on any atom is -0.475 e. The monoisotopic (exact) mass is 437 g/mol. The molecule has 2 aromatic carbocycles. The Morgan fingerprint density at radius 2 is 1.96 bits per heavy atom. The molecular weight excluding hydrogens is 422 g/mol. The SMILES string of the molecule is O=C1CCC23OC=CC2C2(Nc4ccccc4NC2=O)c2cc(Br)ccc2N13. The van der Waals surface area contributed by atoms with Crippen LogP contribution in [0.1, 0.15) is 18.4 Å². The summed E-state index contributed by atoms with van der Waals surface area (Å²) in [4.78, 5) is 28.2. The van der Waals surface area contributed by atoms with E-state index in [0.29, 0.717) is 18.5 Å². The van der Waals surface area contributed by atoms with E-state index in [9.17, 15) is 9.59 Å². The molecule has 7 heteroatoms. The first-order valence-electron chi connectivity index (χ1n) is 9.22. The molecule has 2 N–H and O–H groups in total. The van der Waals surface area contributed by atoms with Gasteiger partial charge in [-0.3, -0.25) is 14.5 Å². The predicted octanol–water partition coefficient (Wildman–Crippen LogP) is 3.71. The van der Waals surface area contributed by atoms with Crippen LogP contribution in [0.4, 0.5) is 17.1 Å². The van der Waals surface area contributed by atoms with Gasteiger partial charge in [-0.1, -0.05) is 28.1 Å². The lowest BCUT2D eigenvalue weighted by molar-refractivity contribution is -0.128. The number of nitrogens with zero attached hydrogens (tertiary/aromatic N) is 1. The van der Waals surface area contributed by atoms with Gasteiger partial charge in [-0.15, -0.1) is 0 Å². The van der Waals surface area contributed by atoms with Crippen molar-refractivity contribution >= 4 is 44.8 Å². The summed E-state index contributed by atoms with van der Waals surface area (Å²) < 4.78 is 6.93. The fraction of sp³-hybridized carbons (Fsp3) is 0.238. The molecule has 4 aliphatic heterocycles. The van der Waals surface area contributed by atoms with Crippen LogP contribution in [-0.4, -0.2) is 17.5 Å². The zero-order valence-electron chi connectivity index (χ0n) is 14.7. The maximum Gasteiger partial charge on any atom is 0.255 e. The first kappa shape index (κ1) is 16.2. The van der Waals surface area contributed by atoms with Gasteiger partial charge in [-0.2, -0.15) is 0 Å². The molecule has 3 atom stereocenters. The van der Waals surface area contributed by atoms with Gasteiger partial charge < -0.3 is 15.4 Å². The van der Waals surface area contributed by atoms with Gasteiger partial charge in [0, 0.05) is 22.9 Å². The Kier molecular flexibility index (Phi) is 2.99. The largest absolute Gasteiger partial charge is 0.475 e. The molecule has 0 aliphatic carbocycles. The van der Waals surface area contributed by atoms with Crippen molar-refractivity contribution in [1.29, 1.82) is 0 Å². The second kappa shape index (κ2) is 5.17. The number of rotatable bonds is 0. The van der Waals surface area contributed by atoms with E-state index in [1.165, 1.54) is 0 Å². The van der Waals surface area contributed by atoms with Crippen molar-refractivity contribution in [2.75, 3.05) is 15.5 Å². The Morgan fingerprint density at radius 1 is 1.14 bits per heavy atom. The van der Waals surface area contributed by atoms with Gasteiger partial charge in [0.25, 0.3) is 5.91 Å². The number of halogens is 1. The summed E-state index contributed by atoms with van der Waals surface area (Å²) in [6.07, 6.45) is 4.48. The van der Waals surface area contributed by atoms with Crippen molar-refractivity contribution in [3.63, 3.8) is 0 Å². The van der Waals surface area contributed by atoms with Crippen LogP contribution in [0.5, 0.6) is 0 Å². The van der Waals surface area contributed by atoms with E-state index < -0.39 is 11.3 Å². The third-order valence-corrected chi connectivity index (χ3v) is 6.80. The average molecular weight is 438 g/mol. The summed E-state index contributed by atoms with van der Waals surface area (Å²) >= 11 is 3.54. The Labute approximate surface area is 169 Å². The third kappa shape index (κ3) is 1.73. The van der Waals surface area contributed by atoms with Gasteiger partial charge in [-0.05, 0) is 36.4 Å². The van der Waals surface area contributed by atoms with E-state index >= 15 is 0 Å². The van der Waals surface area contributed by atoms with E-state index in [2.05, 4.69) is 26.6 Å². The Hall–Kier alpha value is -2.80. The summed E-state index contributed by atoms with van der Waals surface area (Å²) in [5, 5.41) is 6.61. The molecular formula is C21H16BrN3O3. The summed E-state index contributed by atoms with van der Waals surface area (Å²) in [5.74, 6) is -0.491. The molecule has 2 spiro atoms. The second-order valence-corrected chi connectivity index (χ2v) is 8.51. The van der Waals surface area contributed by atoms with Crippen LogP contribution in [-0.2, 0) is 19.9 Å². The van der Waals surface area contributed by atoms with E-state index in [0.717, 1.165) is 21.4 Å². The van der Waals surface area contributed by atoms with Crippen LogP contribution in [0.2, 0.25) is 0 Å². The number of ether oxygens (including phenoxy) is 1. The fourth-order valence-electron chi connectivity index (χ4n) is 5.19. The van der Waals surface area contributed by atoms with Gasteiger partial charge in [0.05, 0.1) is 29.2 Å². The first-order valence-corrected chi connectivity index (χ1v) is 10.0. The molecule has 0 saturated carbocycles. The molecule has 6 rings (SSSR count). The fourth-order valence-corrected chi connectivity index (χ4v) is 5.55. The molecule has 2 amide bonds. The number of hydrogen-bond acceptors (Lipinski definition) is 4. The number of para-hydroxylation sites is 2. The van der Waals surface area contributed by atoms with Gasteiger partial charge >= 0.3 is 0 Å². The highest BCUT2D eigenvalue weighted by Crippen LogP contribution is 2.60. The van der Waals surface area contributed by atoms with Gasteiger partial charge in [0.15, 0.2) is 11.3 Å². The lowest BCUT2D eigenvalue weighted by Crippen LogP contribution is -2.67. The average Bonchev–Trinajstić information content (AvgIpc) is 3.26. The number of hydrogen-bond donors (Lipinski definition) is 2. The third-order valence-electron chi connectivity index (χ3n) is 6.31. The standard InChI is InChI=1S/C21H16BrN3O3/c22-12-5-6-16-13(11-12)21(19(27)23-14-3-1-2-4-15(14)24-21)17-8-10-28-20(17)9-7-18(26)25(16)20/h1-6,8,10-11,17,24H,7,9H2,(H,23,27). The van der Waals surface area contributed by atoms with Crippen LogP contribution in [0.3, 0.4) is 0 Å². The van der Waals surface area contributed by atoms with Crippen molar-refractivity contribution in [2.45, 2.75) is 24.1 Å². The minimum atomic E-state index is -1.08. The second-order valence-electron chi connectivity index (χ2n) is 7.59. The number of benzene rings is 2. The van der Waals surface area contributed by atoms with Crippen LogP contribution < -0.4 is 15.5 Å². The van der Waals surface area contributed by atoms with E-state index in [4.69, 9.17) is 4.74 Å². The zero-order chi connectivity index (χ0) is 19.1. The molecule has 0 bridgehead atoms. The van der Waals surface area contributed by atoms with Crippen molar-refractivity contribution in [3.8, 4) is 0 Å². The molecule has 3 unspecified atom stereocenters. The quantitative estimate of drug-likeness (QED) is 0.658. The number of amides is 2. The number of carbonyl (C=O) groups is 2. The van der Waals surface area contributed by atoms with Crippen molar-refractivity contribution < 1.29 is 14.3 Å². The summed E-state index contributed by atoms with van der Waals surface area (Å²) in [5.41, 5.74) is 1.11. The normalized spacial score (nSPS) is 31.5. The maximum atomic E-state index is 13.6. The molecule has 6 nitrogen and oxygen atoms in total. The molecule has 0 radical (unpaired) electrons. The molecule has 140 valence electrons. The molecule has 1 saturated heterocycles. The zero-order valence-corrected chi connectivity index (χ0v) is 16.3. The van der Waals surface area contributed by atoms with Crippen molar-refractivity contribution in [3.05, 3.63) is 64.8 Å². The molecule has 2 aromatic rings. The number of anilines is 3. The smallest absolute Gasteiger partial charge is 0.255 e. The lowest BCUT2D eigenvalue weighted by Gasteiger charge is -2.54. The summed E-state index contributed by atoms with van der Waals surface area (Å²) in [7, 11) is 0. The molecule has 1 fully saturated rings. The van der Waals surface area contributed by atoms with Crippen LogP contribution >= 0.6 is 15.9 Å². The van der Waals surface area contributed by atoms with Gasteiger partial charge in [-0.25, -0.2) is 0 Å². The number of carbonyl (C=O) groups excluding carboxylic acids is 2. The maximum absolute atomic E-state index is 13.6. The van der Waals surface area contributed by atoms with Crippen molar-refractivity contribution in [2.24, 2.45) is 5.92 Å². The van der Waals surface area contributed by atoms with E-state index in [1.54, 1.807) is 11.2 Å². The van der Waals surface area contributed by atoms with E-state index in [-0.39, 0.29) is 17.7 Å².